The number of hydrogen-bond acceptors (Lipinski definition) is 7. The highest BCUT2D eigenvalue weighted by atomic mass is 32.2. The largest absolute Gasteiger partial charge is 0.496 e. The lowest BCUT2D eigenvalue weighted by molar-refractivity contribution is 0.0908. The lowest BCUT2D eigenvalue weighted by atomic mass is 9.99. The van der Waals surface area contributed by atoms with Crippen LogP contribution in [-0.2, 0) is 16.9 Å². The molecule has 9 heteroatoms. The van der Waals surface area contributed by atoms with Gasteiger partial charge in [0.05, 0.1) is 23.8 Å². The quantitative estimate of drug-likeness (QED) is 0.466. The summed E-state index contributed by atoms with van der Waals surface area (Å²) >= 11 is 0. The minimum Gasteiger partial charge on any atom is -0.496 e. The average Bonchev–Trinajstić information content (AvgIpc) is 3.10. The van der Waals surface area contributed by atoms with E-state index in [0.717, 1.165) is 11.8 Å². The van der Waals surface area contributed by atoms with Gasteiger partial charge in [0.1, 0.15) is 11.3 Å². The molecule has 174 valence electrons. The van der Waals surface area contributed by atoms with Crippen LogP contribution >= 0.6 is 0 Å². The van der Waals surface area contributed by atoms with Crippen LogP contribution in [0.2, 0.25) is 0 Å². The van der Waals surface area contributed by atoms with E-state index in [4.69, 9.17) is 9.47 Å². The van der Waals surface area contributed by atoms with Gasteiger partial charge in [0.2, 0.25) is 11.7 Å². The summed E-state index contributed by atoms with van der Waals surface area (Å²) in [7, 11) is -0.549. The number of rotatable bonds is 8. The molecule has 0 spiro atoms. The number of sulfone groups is 1. The van der Waals surface area contributed by atoms with Crippen molar-refractivity contribution in [3.63, 3.8) is 0 Å². The fraction of sp³-hybridized carbons (Fsp3) is 0.292. The van der Waals surface area contributed by atoms with E-state index in [2.05, 4.69) is 5.10 Å². The second kappa shape index (κ2) is 9.19. The van der Waals surface area contributed by atoms with E-state index in [1.807, 2.05) is 19.1 Å². The maximum atomic E-state index is 13.4. The number of nitrogens with zero attached hydrogens (tertiary/aromatic N) is 2. The van der Waals surface area contributed by atoms with Crippen LogP contribution in [-0.4, -0.2) is 49.7 Å². The molecule has 0 atom stereocenters. The van der Waals surface area contributed by atoms with E-state index in [1.165, 1.54) is 24.1 Å². The maximum Gasteiger partial charge on any atom is 0.223 e. The Morgan fingerprint density at radius 1 is 1.06 bits per heavy atom. The molecule has 0 bridgehead atoms. The molecule has 0 amide bonds. The number of ketones is 2. The van der Waals surface area contributed by atoms with Gasteiger partial charge in [0, 0.05) is 24.4 Å². The predicted molar refractivity (Wildman–Crippen MR) is 123 cm³/mol. The second-order valence-electron chi connectivity index (χ2n) is 7.89. The van der Waals surface area contributed by atoms with Crippen LogP contribution in [0.3, 0.4) is 0 Å². The van der Waals surface area contributed by atoms with E-state index < -0.39 is 15.6 Å². The molecule has 3 rings (SSSR count). The third-order valence-electron chi connectivity index (χ3n) is 5.31. The molecular weight excluding hydrogens is 444 g/mol. The zero-order chi connectivity index (χ0) is 24.5. The first-order valence-corrected chi connectivity index (χ1v) is 12.0. The highest BCUT2D eigenvalue weighted by Crippen LogP contribution is 2.35. The smallest absolute Gasteiger partial charge is 0.223 e. The SMILES string of the molecule is COc1c(C(=O)c2cnn(C)c2OCC(=O)c2ccc(C)cc2)cc(C)c(S(C)(=O)=O)c1C. The van der Waals surface area contributed by atoms with E-state index in [1.54, 1.807) is 33.0 Å². The summed E-state index contributed by atoms with van der Waals surface area (Å²) in [5.74, 6) is -0.401. The molecule has 2 aromatic carbocycles. The summed E-state index contributed by atoms with van der Waals surface area (Å²) in [6.45, 7) is 4.88. The minimum absolute atomic E-state index is 0.127. The van der Waals surface area contributed by atoms with Crippen molar-refractivity contribution in [2.45, 2.75) is 25.7 Å². The normalized spacial score (nSPS) is 11.3. The van der Waals surface area contributed by atoms with Crippen molar-refractivity contribution in [3.05, 3.63) is 69.9 Å². The van der Waals surface area contributed by atoms with Gasteiger partial charge in [-0.3, -0.25) is 9.59 Å². The molecule has 3 aromatic rings. The second-order valence-corrected chi connectivity index (χ2v) is 9.85. The first-order valence-electron chi connectivity index (χ1n) is 10.1. The third kappa shape index (κ3) is 4.83. The van der Waals surface area contributed by atoms with Gasteiger partial charge >= 0.3 is 0 Å². The molecule has 0 saturated heterocycles. The summed E-state index contributed by atoms with van der Waals surface area (Å²) in [6.07, 6.45) is 2.46. The highest BCUT2D eigenvalue weighted by Gasteiger charge is 2.27. The van der Waals surface area contributed by atoms with Crippen LogP contribution in [0.15, 0.2) is 41.4 Å². The van der Waals surface area contributed by atoms with E-state index in [-0.39, 0.29) is 40.0 Å². The molecule has 33 heavy (non-hydrogen) atoms. The van der Waals surface area contributed by atoms with Crippen LogP contribution in [0.1, 0.15) is 43.0 Å². The molecule has 1 heterocycles. The van der Waals surface area contributed by atoms with Gasteiger partial charge in [-0.1, -0.05) is 29.8 Å². The zero-order valence-electron chi connectivity index (χ0n) is 19.4. The van der Waals surface area contributed by atoms with Crippen LogP contribution in [0, 0.1) is 20.8 Å². The summed E-state index contributed by atoms with van der Waals surface area (Å²) in [4.78, 5) is 26.1. The number of ether oxygens (including phenoxy) is 2. The molecule has 0 aliphatic carbocycles. The van der Waals surface area contributed by atoms with Crippen molar-refractivity contribution in [2.75, 3.05) is 20.0 Å². The van der Waals surface area contributed by atoms with Gasteiger partial charge in [-0.25, -0.2) is 13.1 Å². The number of aromatic nitrogens is 2. The summed E-state index contributed by atoms with van der Waals surface area (Å²) in [6, 6.07) is 8.59. The topological polar surface area (TPSA) is 105 Å². The summed E-state index contributed by atoms with van der Waals surface area (Å²) in [5.41, 5.74) is 2.64. The minimum atomic E-state index is -3.53. The average molecular weight is 471 g/mol. The molecule has 0 fully saturated rings. The first kappa shape index (κ1) is 24.2. The number of aryl methyl sites for hydroxylation is 3. The van der Waals surface area contributed by atoms with Crippen molar-refractivity contribution >= 4 is 21.4 Å². The van der Waals surface area contributed by atoms with Gasteiger partial charge in [-0.2, -0.15) is 5.10 Å². The van der Waals surface area contributed by atoms with Gasteiger partial charge in [-0.05, 0) is 32.4 Å². The zero-order valence-corrected chi connectivity index (χ0v) is 20.2. The standard InChI is InChI=1S/C24H26N2O6S/c1-14-7-9-17(10-8-14)20(27)13-32-24-19(12-25-26(24)4)21(28)18-11-15(2)23(33(6,29)30)16(3)22(18)31-5/h7-12H,13H2,1-6H3. The Bertz CT molecular complexity index is 1340. The Morgan fingerprint density at radius 3 is 2.27 bits per heavy atom. The van der Waals surface area contributed by atoms with Crippen molar-refractivity contribution in [3.8, 4) is 11.6 Å². The van der Waals surface area contributed by atoms with Gasteiger partial charge in [0.25, 0.3) is 0 Å². The van der Waals surface area contributed by atoms with E-state index >= 15 is 0 Å². The number of Topliss-reactive ketones (excluding diaryl/α,β-unsaturated/α-hetero) is 1. The van der Waals surface area contributed by atoms with Crippen molar-refractivity contribution in [1.82, 2.24) is 9.78 Å². The monoisotopic (exact) mass is 470 g/mol. The Morgan fingerprint density at radius 2 is 1.70 bits per heavy atom. The third-order valence-corrected chi connectivity index (χ3v) is 6.68. The highest BCUT2D eigenvalue weighted by molar-refractivity contribution is 7.90. The van der Waals surface area contributed by atoms with Gasteiger partial charge in [0.15, 0.2) is 22.2 Å². The molecule has 0 aliphatic rings. The Hall–Kier alpha value is -3.46. The number of hydrogen-bond donors (Lipinski definition) is 0. The number of carbonyl (C=O) groups is 2. The molecule has 8 nitrogen and oxygen atoms in total. The van der Waals surface area contributed by atoms with Gasteiger partial charge < -0.3 is 9.47 Å². The van der Waals surface area contributed by atoms with Crippen molar-refractivity contribution < 1.29 is 27.5 Å². The predicted octanol–water partition coefficient (Wildman–Crippen LogP) is 3.25. The van der Waals surface area contributed by atoms with Gasteiger partial charge in [-0.15, -0.1) is 0 Å². The van der Waals surface area contributed by atoms with E-state index in [0.29, 0.717) is 16.7 Å². The molecular formula is C24H26N2O6S. The fourth-order valence-corrected chi connectivity index (χ4v) is 5.10. The number of benzene rings is 2. The fourth-order valence-electron chi connectivity index (χ4n) is 3.81. The molecule has 0 aliphatic heterocycles. The first-order chi connectivity index (χ1) is 15.5. The van der Waals surface area contributed by atoms with Crippen LogP contribution in [0.5, 0.6) is 11.6 Å². The van der Waals surface area contributed by atoms with Crippen LogP contribution in [0.25, 0.3) is 0 Å². The van der Waals surface area contributed by atoms with E-state index in [9.17, 15) is 18.0 Å². The molecule has 1 aromatic heterocycles. The summed E-state index contributed by atoms with van der Waals surface area (Å²) in [5, 5.41) is 4.11. The molecule has 0 saturated carbocycles. The lowest BCUT2D eigenvalue weighted by Crippen LogP contribution is -2.16. The Labute approximate surface area is 193 Å². The van der Waals surface area contributed by atoms with Crippen LogP contribution < -0.4 is 9.47 Å². The molecule has 0 radical (unpaired) electrons. The summed E-state index contributed by atoms with van der Waals surface area (Å²) < 4.78 is 36.9. The van der Waals surface area contributed by atoms with Crippen molar-refractivity contribution in [2.24, 2.45) is 7.05 Å². The molecule has 0 N–H and O–H groups in total. The molecule has 0 unspecified atom stereocenters. The van der Waals surface area contributed by atoms with Crippen LogP contribution in [0.4, 0.5) is 0 Å². The Kier molecular flexibility index (Phi) is 6.73. The Balaban J connectivity index is 1.96. The lowest BCUT2D eigenvalue weighted by Gasteiger charge is -2.16. The maximum absolute atomic E-state index is 13.4. The van der Waals surface area contributed by atoms with Crippen molar-refractivity contribution in [1.29, 1.82) is 0 Å². The number of carbonyl (C=O) groups excluding carboxylic acids is 2. The number of methoxy groups -OCH3 is 1.